The van der Waals surface area contributed by atoms with Gasteiger partial charge in [-0.1, -0.05) is 49.4 Å². The summed E-state index contributed by atoms with van der Waals surface area (Å²) in [5.41, 5.74) is 3.34. The summed E-state index contributed by atoms with van der Waals surface area (Å²) < 4.78 is 7.15. The Bertz CT molecular complexity index is 1160. The number of benzene rings is 2. The lowest BCUT2D eigenvalue weighted by molar-refractivity contribution is -0.113. The van der Waals surface area contributed by atoms with E-state index >= 15 is 0 Å². The molecule has 2 amide bonds. The molecule has 0 fully saturated rings. The van der Waals surface area contributed by atoms with Crippen LogP contribution in [-0.4, -0.2) is 39.4 Å². The Hall–Kier alpha value is -3.33. The van der Waals surface area contributed by atoms with Crippen LogP contribution < -0.4 is 15.4 Å². The molecule has 8 nitrogen and oxygen atoms in total. The van der Waals surface area contributed by atoms with Crippen LogP contribution in [0.25, 0.3) is 0 Å². The van der Waals surface area contributed by atoms with Gasteiger partial charge in [0.15, 0.2) is 11.0 Å². The number of anilines is 1. The number of rotatable bonds is 9. The Balaban J connectivity index is 1.67. The van der Waals surface area contributed by atoms with Gasteiger partial charge in [0.1, 0.15) is 5.75 Å². The maximum atomic E-state index is 12.8. The van der Waals surface area contributed by atoms with E-state index in [1.54, 1.807) is 7.11 Å². The van der Waals surface area contributed by atoms with E-state index in [0.29, 0.717) is 28.0 Å². The summed E-state index contributed by atoms with van der Waals surface area (Å²) in [6.07, 6.45) is 0. The van der Waals surface area contributed by atoms with Gasteiger partial charge in [-0.15, -0.1) is 10.2 Å². The molecule has 180 valence electrons. The number of methoxy groups -OCH3 is 1. The van der Waals surface area contributed by atoms with E-state index in [0.717, 1.165) is 11.1 Å². The number of ether oxygens (including phenoxy) is 1. The van der Waals surface area contributed by atoms with Crippen molar-refractivity contribution < 1.29 is 14.3 Å². The van der Waals surface area contributed by atoms with Gasteiger partial charge in [-0.3, -0.25) is 9.59 Å². The molecule has 3 aromatic rings. The summed E-state index contributed by atoms with van der Waals surface area (Å²) in [4.78, 5) is 25.3. The number of hydrogen-bond acceptors (Lipinski definition) is 6. The third-order valence-corrected chi connectivity index (χ3v) is 6.40. The number of hydrogen-bond donors (Lipinski definition) is 2. The van der Waals surface area contributed by atoms with Crippen LogP contribution in [0.1, 0.15) is 47.2 Å². The minimum absolute atomic E-state index is 0.0900. The van der Waals surface area contributed by atoms with Crippen molar-refractivity contribution in [2.75, 3.05) is 18.2 Å². The van der Waals surface area contributed by atoms with Gasteiger partial charge in [0.25, 0.3) is 5.91 Å². The number of amides is 2. The van der Waals surface area contributed by atoms with Gasteiger partial charge in [-0.2, -0.15) is 0 Å². The fourth-order valence-corrected chi connectivity index (χ4v) is 4.14. The zero-order valence-electron chi connectivity index (χ0n) is 20.4. The molecule has 2 N–H and O–H groups in total. The molecule has 1 aromatic heterocycles. The van der Waals surface area contributed by atoms with Crippen molar-refractivity contribution >= 4 is 29.3 Å². The van der Waals surface area contributed by atoms with Crippen LogP contribution >= 0.6 is 11.8 Å². The van der Waals surface area contributed by atoms with Gasteiger partial charge in [-0.25, -0.2) is 0 Å². The summed E-state index contributed by atoms with van der Waals surface area (Å²) in [5.74, 6) is 1.15. The summed E-state index contributed by atoms with van der Waals surface area (Å²) in [6.45, 7) is 7.97. The van der Waals surface area contributed by atoms with E-state index in [-0.39, 0.29) is 29.5 Å². The summed E-state index contributed by atoms with van der Waals surface area (Å²) in [5, 5.41) is 15.1. The first kappa shape index (κ1) is 25.3. The van der Waals surface area contributed by atoms with E-state index < -0.39 is 0 Å². The van der Waals surface area contributed by atoms with Crippen LogP contribution in [-0.2, 0) is 11.8 Å². The molecule has 0 radical (unpaired) electrons. The Kier molecular flexibility index (Phi) is 8.33. The molecule has 0 aliphatic rings. The van der Waals surface area contributed by atoms with Crippen LogP contribution in [0, 0.1) is 19.8 Å². The molecular weight excluding hydrogens is 450 g/mol. The molecule has 3 rings (SSSR count). The number of carbonyl (C=O) groups is 2. The van der Waals surface area contributed by atoms with Crippen LogP contribution in [0.5, 0.6) is 5.75 Å². The average molecular weight is 482 g/mol. The molecule has 2 aromatic carbocycles. The van der Waals surface area contributed by atoms with Gasteiger partial charge < -0.3 is 19.9 Å². The van der Waals surface area contributed by atoms with E-state index in [9.17, 15) is 9.59 Å². The minimum Gasteiger partial charge on any atom is -0.495 e. The molecule has 9 heteroatoms. The van der Waals surface area contributed by atoms with E-state index in [1.807, 2.05) is 81.8 Å². The van der Waals surface area contributed by atoms with Crippen molar-refractivity contribution in [1.82, 2.24) is 20.1 Å². The fourth-order valence-electron chi connectivity index (χ4n) is 3.42. The van der Waals surface area contributed by atoms with Crippen molar-refractivity contribution in [3.05, 3.63) is 65.0 Å². The second-order valence-electron chi connectivity index (χ2n) is 8.50. The molecule has 0 spiro atoms. The highest BCUT2D eigenvalue weighted by Crippen LogP contribution is 2.27. The monoisotopic (exact) mass is 481 g/mol. The van der Waals surface area contributed by atoms with Gasteiger partial charge in [-0.05, 0) is 49.6 Å². The highest BCUT2D eigenvalue weighted by Gasteiger charge is 2.25. The summed E-state index contributed by atoms with van der Waals surface area (Å²) in [6, 6.07) is 12.7. The summed E-state index contributed by atoms with van der Waals surface area (Å²) in [7, 11) is 3.41. The third kappa shape index (κ3) is 6.17. The number of nitrogens with zero attached hydrogens (tertiary/aromatic N) is 3. The van der Waals surface area contributed by atoms with Crippen molar-refractivity contribution in [1.29, 1.82) is 0 Å². The SMILES string of the molecule is COc1ccc(C)cc1NC(=O)CSc1nnc([C@@H](NC(=O)c2ccc(C)cc2)C(C)C)n1C. The van der Waals surface area contributed by atoms with Gasteiger partial charge >= 0.3 is 0 Å². The first-order chi connectivity index (χ1) is 16.2. The largest absolute Gasteiger partial charge is 0.495 e. The molecule has 0 aliphatic heterocycles. The van der Waals surface area contributed by atoms with Crippen LogP contribution in [0.2, 0.25) is 0 Å². The van der Waals surface area contributed by atoms with Gasteiger partial charge in [0.05, 0.1) is 24.6 Å². The average Bonchev–Trinajstić information content (AvgIpc) is 3.16. The Morgan fingerprint density at radius 3 is 2.38 bits per heavy atom. The molecule has 0 saturated heterocycles. The lowest BCUT2D eigenvalue weighted by Crippen LogP contribution is -2.33. The summed E-state index contributed by atoms with van der Waals surface area (Å²) >= 11 is 1.28. The van der Waals surface area contributed by atoms with Crippen molar-refractivity contribution in [3.8, 4) is 5.75 Å². The maximum Gasteiger partial charge on any atom is 0.251 e. The standard InChI is InChI=1S/C25H31N5O3S/c1-15(2)22(27-24(32)18-10-7-16(3)8-11-18)23-28-29-25(30(23)5)34-14-21(31)26-19-13-17(4)9-12-20(19)33-6/h7-13,15,22H,14H2,1-6H3,(H,26,31)(H,27,32)/t22-/m0/s1. The van der Waals surface area contributed by atoms with Gasteiger partial charge in [0.2, 0.25) is 5.91 Å². The van der Waals surface area contributed by atoms with Crippen LogP contribution in [0.3, 0.4) is 0 Å². The molecular formula is C25H31N5O3S. The molecule has 34 heavy (non-hydrogen) atoms. The van der Waals surface area contributed by atoms with Crippen LogP contribution in [0.15, 0.2) is 47.6 Å². The number of thioether (sulfide) groups is 1. The number of aryl methyl sites for hydroxylation is 2. The molecule has 1 atom stereocenters. The van der Waals surface area contributed by atoms with Crippen LogP contribution in [0.4, 0.5) is 5.69 Å². The zero-order chi connectivity index (χ0) is 24.8. The quantitative estimate of drug-likeness (QED) is 0.442. The second-order valence-corrected chi connectivity index (χ2v) is 9.44. The van der Waals surface area contributed by atoms with Crippen molar-refractivity contribution in [2.45, 2.75) is 38.9 Å². The molecule has 0 aliphatic carbocycles. The molecule has 0 bridgehead atoms. The van der Waals surface area contributed by atoms with Crippen molar-refractivity contribution in [2.24, 2.45) is 13.0 Å². The molecule has 0 unspecified atom stereocenters. The van der Waals surface area contributed by atoms with Crippen molar-refractivity contribution in [3.63, 3.8) is 0 Å². The Morgan fingerprint density at radius 2 is 1.74 bits per heavy atom. The Labute approximate surface area is 204 Å². The maximum absolute atomic E-state index is 12.8. The second kappa shape index (κ2) is 11.2. The predicted molar refractivity (Wildman–Crippen MR) is 134 cm³/mol. The lowest BCUT2D eigenvalue weighted by atomic mass is 10.0. The van der Waals surface area contributed by atoms with E-state index in [4.69, 9.17) is 4.74 Å². The molecule has 1 heterocycles. The highest BCUT2D eigenvalue weighted by atomic mass is 32.2. The third-order valence-electron chi connectivity index (χ3n) is 5.38. The number of nitrogens with one attached hydrogen (secondary N) is 2. The smallest absolute Gasteiger partial charge is 0.251 e. The van der Waals surface area contributed by atoms with E-state index in [2.05, 4.69) is 20.8 Å². The lowest BCUT2D eigenvalue weighted by Gasteiger charge is -2.21. The number of carbonyl (C=O) groups excluding carboxylic acids is 2. The number of aromatic nitrogens is 3. The first-order valence-electron chi connectivity index (χ1n) is 11.0. The Morgan fingerprint density at radius 1 is 1.06 bits per heavy atom. The minimum atomic E-state index is -0.328. The zero-order valence-corrected chi connectivity index (χ0v) is 21.2. The predicted octanol–water partition coefficient (Wildman–Crippen LogP) is 4.30. The van der Waals surface area contributed by atoms with E-state index in [1.165, 1.54) is 11.8 Å². The normalized spacial score (nSPS) is 11.9. The first-order valence-corrected chi connectivity index (χ1v) is 12.0. The fraction of sp³-hybridized carbons (Fsp3) is 0.360. The van der Waals surface area contributed by atoms with Gasteiger partial charge in [0, 0.05) is 12.6 Å². The topological polar surface area (TPSA) is 98.1 Å². The highest BCUT2D eigenvalue weighted by molar-refractivity contribution is 7.99. The molecule has 0 saturated carbocycles.